The number of aromatic nitrogens is 2. The van der Waals surface area contributed by atoms with E-state index in [0.717, 1.165) is 6.07 Å². The van der Waals surface area contributed by atoms with Crippen LogP contribution in [-0.2, 0) is 16.2 Å². The lowest BCUT2D eigenvalue weighted by atomic mass is 10.3. The van der Waals surface area contributed by atoms with Crippen LogP contribution in [-0.4, -0.2) is 81.0 Å². The summed E-state index contributed by atoms with van der Waals surface area (Å²) in [7, 11) is 0.0137. The molecule has 0 bridgehead atoms. The molecule has 9 nitrogen and oxygen atoms in total. The largest absolute Gasteiger partial charge is 0.492 e. The van der Waals surface area contributed by atoms with Crippen molar-refractivity contribution in [1.29, 1.82) is 0 Å². The standard InChI is InChI=1S/C25H28F4N6O3S/c1-33(2)15-16-38-20-7-9-21(10-8-20)39(36,37)35-13-11-34(12-14-35)24-31-22(25(27,28)29)17-23(32-24)30-19-5-3-18(26)4-6-19/h3-10,17H,11-16H2,1-2H3,(H,30,31,32). The third kappa shape index (κ3) is 7.34. The van der Waals surface area contributed by atoms with Gasteiger partial charge in [0, 0.05) is 44.5 Å². The molecule has 0 atom stereocenters. The van der Waals surface area contributed by atoms with Crippen molar-refractivity contribution in [2.24, 2.45) is 0 Å². The molecule has 4 rings (SSSR count). The van der Waals surface area contributed by atoms with Gasteiger partial charge in [-0.25, -0.2) is 17.8 Å². The molecule has 0 aliphatic carbocycles. The number of hydrogen-bond donors (Lipinski definition) is 1. The van der Waals surface area contributed by atoms with Gasteiger partial charge in [0.25, 0.3) is 0 Å². The highest BCUT2D eigenvalue weighted by Gasteiger charge is 2.35. The van der Waals surface area contributed by atoms with Gasteiger partial charge >= 0.3 is 6.18 Å². The van der Waals surface area contributed by atoms with Gasteiger partial charge in [-0.3, -0.25) is 0 Å². The van der Waals surface area contributed by atoms with Gasteiger partial charge in [0.2, 0.25) is 16.0 Å². The zero-order chi connectivity index (χ0) is 28.2. The van der Waals surface area contributed by atoms with Crippen LogP contribution in [0, 0.1) is 5.82 Å². The number of likely N-dealkylation sites (N-methyl/N-ethyl adjacent to an activating group) is 1. The van der Waals surface area contributed by atoms with Gasteiger partial charge in [-0.05, 0) is 62.6 Å². The number of benzene rings is 2. The molecule has 0 unspecified atom stereocenters. The summed E-state index contributed by atoms with van der Waals surface area (Å²) in [6, 6.07) is 12.0. The van der Waals surface area contributed by atoms with Gasteiger partial charge < -0.3 is 19.9 Å². The lowest BCUT2D eigenvalue weighted by Crippen LogP contribution is -2.49. The maximum Gasteiger partial charge on any atom is 0.433 e. The number of nitrogens with one attached hydrogen (secondary N) is 1. The quantitative estimate of drug-likeness (QED) is 0.390. The molecular formula is C25H28F4N6O3S. The number of hydrogen-bond acceptors (Lipinski definition) is 8. The van der Waals surface area contributed by atoms with Crippen LogP contribution in [0.25, 0.3) is 0 Å². The molecule has 1 aromatic heterocycles. The van der Waals surface area contributed by atoms with E-state index in [9.17, 15) is 26.0 Å². The van der Waals surface area contributed by atoms with E-state index >= 15 is 0 Å². The Kier molecular flexibility index (Phi) is 8.57. The molecule has 1 saturated heterocycles. The molecule has 14 heteroatoms. The summed E-state index contributed by atoms with van der Waals surface area (Å²) in [6.07, 6.45) is -4.73. The van der Waals surface area contributed by atoms with Crippen LogP contribution < -0.4 is 15.0 Å². The molecule has 39 heavy (non-hydrogen) atoms. The highest BCUT2D eigenvalue weighted by atomic mass is 32.2. The molecule has 2 aromatic carbocycles. The third-order valence-electron chi connectivity index (χ3n) is 5.91. The Morgan fingerprint density at radius 1 is 0.974 bits per heavy atom. The predicted octanol–water partition coefficient (Wildman–Crippen LogP) is 3.83. The van der Waals surface area contributed by atoms with Crippen molar-refractivity contribution >= 4 is 27.5 Å². The fraction of sp³-hybridized carbons (Fsp3) is 0.360. The summed E-state index contributed by atoms with van der Waals surface area (Å²) in [5.74, 6) is -0.253. The van der Waals surface area contributed by atoms with Crippen molar-refractivity contribution in [2.45, 2.75) is 11.1 Å². The van der Waals surface area contributed by atoms with Crippen LogP contribution in [0.15, 0.2) is 59.5 Å². The van der Waals surface area contributed by atoms with Crippen LogP contribution in [0.2, 0.25) is 0 Å². The Hall–Kier alpha value is -3.49. The number of sulfonamides is 1. The first-order chi connectivity index (χ1) is 18.4. The molecule has 0 amide bonds. The number of halogens is 4. The molecule has 2 heterocycles. The summed E-state index contributed by atoms with van der Waals surface area (Å²) < 4.78 is 87.1. The Balaban J connectivity index is 1.45. The minimum atomic E-state index is -4.73. The fourth-order valence-corrected chi connectivity index (χ4v) is 5.22. The van der Waals surface area contributed by atoms with Crippen molar-refractivity contribution in [1.82, 2.24) is 19.2 Å². The topological polar surface area (TPSA) is 90.9 Å². The van der Waals surface area contributed by atoms with Gasteiger partial charge in [-0.2, -0.15) is 22.5 Å². The number of anilines is 3. The first-order valence-electron chi connectivity index (χ1n) is 12.0. The van der Waals surface area contributed by atoms with Gasteiger partial charge in [0.05, 0.1) is 4.90 Å². The monoisotopic (exact) mass is 568 g/mol. The van der Waals surface area contributed by atoms with E-state index in [-0.39, 0.29) is 42.8 Å². The summed E-state index contributed by atoms with van der Waals surface area (Å²) >= 11 is 0. The van der Waals surface area contributed by atoms with Crippen LogP contribution >= 0.6 is 0 Å². The average Bonchev–Trinajstić information content (AvgIpc) is 2.89. The van der Waals surface area contributed by atoms with Crippen molar-refractivity contribution in [3.05, 3.63) is 66.1 Å². The van der Waals surface area contributed by atoms with E-state index in [0.29, 0.717) is 24.6 Å². The molecular weight excluding hydrogens is 540 g/mol. The van der Waals surface area contributed by atoms with Crippen molar-refractivity contribution in [2.75, 3.05) is 63.6 Å². The number of ether oxygens (including phenoxy) is 1. The Bertz CT molecular complexity index is 1360. The van der Waals surface area contributed by atoms with Crippen LogP contribution in [0.3, 0.4) is 0 Å². The number of nitrogens with zero attached hydrogens (tertiary/aromatic N) is 5. The second-order valence-electron chi connectivity index (χ2n) is 9.08. The van der Waals surface area contributed by atoms with Crippen LogP contribution in [0.4, 0.5) is 35.0 Å². The molecule has 1 fully saturated rings. The van der Waals surface area contributed by atoms with E-state index < -0.39 is 27.7 Å². The molecule has 0 spiro atoms. The molecule has 1 N–H and O–H groups in total. The molecule has 210 valence electrons. The van der Waals surface area contributed by atoms with Crippen molar-refractivity contribution in [3.8, 4) is 5.75 Å². The zero-order valence-electron chi connectivity index (χ0n) is 21.3. The first-order valence-corrected chi connectivity index (χ1v) is 13.5. The second-order valence-corrected chi connectivity index (χ2v) is 11.0. The summed E-state index contributed by atoms with van der Waals surface area (Å²) in [5.41, 5.74) is -0.806. The van der Waals surface area contributed by atoms with Gasteiger partial charge in [-0.1, -0.05) is 0 Å². The molecule has 3 aromatic rings. The maximum atomic E-state index is 13.6. The zero-order valence-corrected chi connectivity index (χ0v) is 22.1. The maximum absolute atomic E-state index is 13.6. The van der Waals surface area contributed by atoms with Gasteiger partial charge in [0.1, 0.15) is 24.0 Å². The smallest absolute Gasteiger partial charge is 0.433 e. The molecule has 1 aliphatic rings. The number of alkyl halides is 3. The highest BCUT2D eigenvalue weighted by molar-refractivity contribution is 7.89. The molecule has 0 radical (unpaired) electrons. The van der Waals surface area contributed by atoms with E-state index in [4.69, 9.17) is 4.74 Å². The SMILES string of the molecule is CN(C)CCOc1ccc(S(=O)(=O)N2CCN(c3nc(Nc4ccc(F)cc4)cc(C(F)(F)F)n3)CC2)cc1. The lowest BCUT2D eigenvalue weighted by molar-refractivity contribution is -0.141. The number of rotatable bonds is 9. The van der Waals surface area contributed by atoms with Gasteiger partial charge in [0.15, 0.2) is 5.69 Å². The normalized spacial score (nSPS) is 15.0. The minimum absolute atomic E-state index is 0.0315. The fourth-order valence-electron chi connectivity index (χ4n) is 3.80. The number of piperazine rings is 1. The molecule has 1 aliphatic heterocycles. The van der Waals surface area contributed by atoms with Crippen LogP contribution in [0.5, 0.6) is 5.75 Å². The predicted molar refractivity (Wildman–Crippen MR) is 138 cm³/mol. The average molecular weight is 569 g/mol. The van der Waals surface area contributed by atoms with Crippen molar-refractivity contribution in [3.63, 3.8) is 0 Å². The van der Waals surface area contributed by atoms with E-state index in [2.05, 4.69) is 15.3 Å². The van der Waals surface area contributed by atoms with Gasteiger partial charge in [-0.15, -0.1) is 0 Å². The Labute approximate surface area is 224 Å². The Morgan fingerprint density at radius 2 is 1.62 bits per heavy atom. The summed E-state index contributed by atoms with van der Waals surface area (Å²) in [4.78, 5) is 11.4. The first kappa shape index (κ1) is 28.5. The summed E-state index contributed by atoms with van der Waals surface area (Å²) in [5, 5.41) is 2.74. The Morgan fingerprint density at radius 3 is 2.21 bits per heavy atom. The lowest BCUT2D eigenvalue weighted by Gasteiger charge is -2.34. The van der Waals surface area contributed by atoms with Crippen LogP contribution in [0.1, 0.15) is 5.69 Å². The van der Waals surface area contributed by atoms with E-state index in [1.807, 2.05) is 19.0 Å². The van der Waals surface area contributed by atoms with E-state index in [1.165, 1.54) is 45.6 Å². The minimum Gasteiger partial charge on any atom is -0.492 e. The van der Waals surface area contributed by atoms with Crippen molar-refractivity contribution < 1.29 is 30.7 Å². The molecule has 0 saturated carbocycles. The second kappa shape index (κ2) is 11.7. The third-order valence-corrected chi connectivity index (χ3v) is 7.82. The van der Waals surface area contributed by atoms with E-state index in [1.54, 1.807) is 12.1 Å². The highest BCUT2D eigenvalue weighted by Crippen LogP contribution is 2.32. The summed E-state index contributed by atoms with van der Waals surface area (Å²) in [6.45, 7) is 1.40.